The quantitative estimate of drug-likeness (QED) is 0.174. The van der Waals surface area contributed by atoms with Crippen LogP contribution >= 0.6 is 22.7 Å². The monoisotopic (exact) mass is 607 g/mol. The minimum Gasteiger partial charge on any atom is -0.308 e. The molecule has 0 aliphatic heterocycles. The van der Waals surface area contributed by atoms with Gasteiger partial charge in [0.25, 0.3) is 0 Å². The number of para-hydroxylation sites is 1. The van der Waals surface area contributed by atoms with E-state index in [0.717, 1.165) is 10.2 Å². The molecule has 0 aliphatic rings. The largest absolute Gasteiger partial charge is 0.308 e. The van der Waals surface area contributed by atoms with Crippen molar-refractivity contribution in [1.82, 2.24) is 14.5 Å². The first-order chi connectivity index (χ1) is 22.3. The Morgan fingerprint density at radius 1 is 0.489 bits per heavy atom. The summed E-state index contributed by atoms with van der Waals surface area (Å²) in [6.07, 6.45) is 3.66. The van der Waals surface area contributed by atoms with E-state index in [4.69, 9.17) is 4.98 Å². The van der Waals surface area contributed by atoms with Gasteiger partial charge in [0.05, 0.1) is 25.9 Å². The minimum atomic E-state index is 1.03. The average molecular weight is 608 g/mol. The van der Waals surface area contributed by atoms with Gasteiger partial charge in [0, 0.05) is 48.2 Å². The van der Waals surface area contributed by atoms with Crippen molar-refractivity contribution in [3.8, 4) is 5.69 Å². The van der Waals surface area contributed by atoms with E-state index in [1.165, 1.54) is 90.1 Å². The molecule has 0 spiro atoms. The lowest BCUT2D eigenvalue weighted by Gasteiger charge is -2.14. The molecule has 0 fully saturated rings. The molecule has 4 aromatic heterocycles. The molecule has 3 nitrogen and oxygen atoms in total. The predicted molar refractivity (Wildman–Crippen MR) is 195 cm³/mol. The summed E-state index contributed by atoms with van der Waals surface area (Å²) in [4.78, 5) is 9.28. The van der Waals surface area contributed by atoms with Gasteiger partial charge in [-0.25, -0.2) is 9.97 Å². The molecule has 0 saturated heterocycles. The third-order valence-corrected chi connectivity index (χ3v) is 11.8. The number of nitrogens with zero attached hydrogens (tertiary/aromatic N) is 3. The van der Waals surface area contributed by atoms with E-state index < -0.39 is 0 Å². The van der Waals surface area contributed by atoms with Gasteiger partial charge in [-0.15, -0.1) is 22.7 Å². The number of thiophene rings is 2. The highest BCUT2D eigenvalue weighted by Crippen LogP contribution is 2.51. The number of hydrogen-bond acceptors (Lipinski definition) is 4. The van der Waals surface area contributed by atoms with Gasteiger partial charge in [-0.05, 0) is 56.6 Å². The van der Waals surface area contributed by atoms with Crippen molar-refractivity contribution >= 4 is 117 Å². The maximum Gasteiger partial charge on any atom is 0.116 e. The normalized spacial score (nSPS) is 12.4. The van der Waals surface area contributed by atoms with E-state index in [2.05, 4.69) is 125 Å². The molecule has 0 amide bonds. The molecule has 7 aromatic carbocycles. The molecule has 208 valence electrons. The number of hydrogen-bond donors (Lipinski definition) is 0. The Balaban J connectivity index is 1.40. The SMILES string of the molecule is c1ccc2c(c1)sc1c2c2sc3cncnc3c2c2c3ccccc3n(-c3ccc4c5ccccc5c5ccccc5c4c3)c12. The Labute approximate surface area is 264 Å². The van der Waals surface area contributed by atoms with Crippen LogP contribution in [0.25, 0.3) is 100 Å². The predicted octanol–water partition coefficient (Wildman–Crippen LogP) is 11.8. The third kappa shape index (κ3) is 3.04. The second-order valence-corrected chi connectivity index (χ2v) is 13.8. The fourth-order valence-electron chi connectivity index (χ4n) is 7.70. The standard InChI is InChI=1S/C40H21N3S2/c1-2-11-25-23(9-1)24-10-3-4-12-26(24)30-19-22(17-18-27(25)30)43-31-15-7-5-13-28(31)34-36-37-33(20-41-21-42-37)45-39(36)35-29-14-6-8-16-32(29)44-40(35)38(34)43/h1-21H. The van der Waals surface area contributed by atoms with Crippen LogP contribution in [0.15, 0.2) is 128 Å². The molecule has 0 saturated carbocycles. The van der Waals surface area contributed by atoms with Crippen LogP contribution in [0.2, 0.25) is 0 Å². The summed E-state index contributed by atoms with van der Waals surface area (Å²) < 4.78 is 7.55. The van der Waals surface area contributed by atoms with Crippen molar-refractivity contribution in [2.45, 2.75) is 0 Å². The van der Waals surface area contributed by atoms with Gasteiger partial charge in [-0.2, -0.15) is 0 Å². The smallest absolute Gasteiger partial charge is 0.116 e. The van der Waals surface area contributed by atoms with Crippen LogP contribution in [0.1, 0.15) is 0 Å². The Morgan fingerprint density at radius 2 is 1.11 bits per heavy atom. The average Bonchev–Trinajstić information content (AvgIpc) is 3.78. The van der Waals surface area contributed by atoms with Crippen molar-refractivity contribution < 1.29 is 0 Å². The lowest BCUT2D eigenvalue weighted by Crippen LogP contribution is -1.95. The first-order valence-electron chi connectivity index (χ1n) is 15.1. The molecule has 0 radical (unpaired) electrons. The van der Waals surface area contributed by atoms with Crippen LogP contribution in [-0.4, -0.2) is 14.5 Å². The van der Waals surface area contributed by atoms with Crippen molar-refractivity contribution in [1.29, 1.82) is 0 Å². The number of fused-ring (bicyclic) bond motifs is 18. The Bertz CT molecular complexity index is 3020. The van der Waals surface area contributed by atoms with Crippen molar-refractivity contribution in [3.05, 3.63) is 128 Å². The molecule has 5 heteroatoms. The van der Waals surface area contributed by atoms with Gasteiger partial charge in [0.1, 0.15) is 6.33 Å². The van der Waals surface area contributed by atoms with Crippen LogP contribution in [-0.2, 0) is 0 Å². The zero-order chi connectivity index (χ0) is 29.2. The molecular weight excluding hydrogens is 587 g/mol. The fourth-order valence-corrected chi connectivity index (χ4v) is 10.2. The van der Waals surface area contributed by atoms with Gasteiger partial charge < -0.3 is 4.57 Å². The van der Waals surface area contributed by atoms with Crippen molar-refractivity contribution in [2.24, 2.45) is 0 Å². The first kappa shape index (κ1) is 24.0. The van der Waals surface area contributed by atoms with E-state index >= 15 is 0 Å². The minimum absolute atomic E-state index is 1.03. The van der Waals surface area contributed by atoms with Gasteiger partial charge >= 0.3 is 0 Å². The molecular formula is C40H21N3S2. The number of aromatic nitrogens is 3. The molecule has 11 aromatic rings. The van der Waals surface area contributed by atoms with Crippen molar-refractivity contribution in [3.63, 3.8) is 0 Å². The lowest BCUT2D eigenvalue weighted by molar-refractivity contribution is 1.19. The Morgan fingerprint density at radius 3 is 1.89 bits per heavy atom. The highest BCUT2D eigenvalue weighted by atomic mass is 32.1. The van der Waals surface area contributed by atoms with Gasteiger partial charge in [-0.1, -0.05) is 91.0 Å². The topological polar surface area (TPSA) is 30.7 Å². The van der Waals surface area contributed by atoms with E-state index in [0.29, 0.717) is 0 Å². The summed E-state index contributed by atoms with van der Waals surface area (Å²) in [6, 6.07) is 42.4. The zero-order valence-corrected chi connectivity index (χ0v) is 25.4. The highest BCUT2D eigenvalue weighted by Gasteiger charge is 2.25. The molecule has 0 bridgehead atoms. The highest BCUT2D eigenvalue weighted by molar-refractivity contribution is 7.30. The second kappa shape index (κ2) is 8.63. The number of benzene rings is 7. The molecule has 45 heavy (non-hydrogen) atoms. The van der Waals surface area contributed by atoms with Crippen LogP contribution in [0.4, 0.5) is 0 Å². The van der Waals surface area contributed by atoms with Gasteiger partial charge in [0.2, 0.25) is 0 Å². The van der Waals surface area contributed by atoms with E-state index in [1.54, 1.807) is 6.33 Å². The summed E-state index contributed by atoms with van der Waals surface area (Å²) in [5.74, 6) is 0. The van der Waals surface area contributed by atoms with Crippen molar-refractivity contribution in [2.75, 3.05) is 0 Å². The molecule has 11 rings (SSSR count). The first-order valence-corrected chi connectivity index (χ1v) is 16.7. The van der Waals surface area contributed by atoms with Crippen LogP contribution in [0.5, 0.6) is 0 Å². The molecule has 0 N–H and O–H groups in total. The van der Waals surface area contributed by atoms with Gasteiger partial charge in [-0.3, -0.25) is 0 Å². The molecule has 4 heterocycles. The molecule has 0 atom stereocenters. The van der Waals surface area contributed by atoms with E-state index in [-0.39, 0.29) is 0 Å². The third-order valence-electron chi connectivity index (χ3n) is 9.50. The Kier molecular flexibility index (Phi) is 4.61. The second-order valence-electron chi connectivity index (χ2n) is 11.7. The van der Waals surface area contributed by atoms with Crippen LogP contribution in [0, 0.1) is 0 Å². The van der Waals surface area contributed by atoms with Crippen LogP contribution in [0.3, 0.4) is 0 Å². The zero-order valence-electron chi connectivity index (χ0n) is 23.8. The molecule has 0 aliphatic carbocycles. The van der Waals surface area contributed by atoms with E-state index in [1.807, 2.05) is 28.9 Å². The maximum atomic E-state index is 4.88. The maximum absolute atomic E-state index is 4.88. The summed E-state index contributed by atoms with van der Waals surface area (Å²) in [6.45, 7) is 0. The lowest BCUT2D eigenvalue weighted by atomic mass is 9.94. The number of rotatable bonds is 1. The molecule has 0 unspecified atom stereocenters. The van der Waals surface area contributed by atoms with Gasteiger partial charge in [0.15, 0.2) is 0 Å². The summed E-state index contributed by atoms with van der Waals surface area (Å²) in [5.41, 5.74) is 4.66. The van der Waals surface area contributed by atoms with E-state index in [9.17, 15) is 0 Å². The summed E-state index contributed by atoms with van der Waals surface area (Å²) in [7, 11) is 0. The summed E-state index contributed by atoms with van der Waals surface area (Å²) >= 11 is 3.71. The fraction of sp³-hybridized carbons (Fsp3) is 0. The summed E-state index contributed by atoms with van der Waals surface area (Å²) in [5, 5.41) is 14.1. The Hall–Kier alpha value is -5.36. The van der Waals surface area contributed by atoms with Crippen LogP contribution < -0.4 is 0 Å².